The molecule has 0 aliphatic carbocycles. The van der Waals surface area contributed by atoms with Crippen LogP contribution >= 0.6 is 0 Å². The lowest BCUT2D eigenvalue weighted by Crippen LogP contribution is -2.35. The molecule has 0 spiro atoms. The van der Waals surface area contributed by atoms with Crippen molar-refractivity contribution < 1.29 is 5.48 Å². The molecule has 13 heavy (non-hydrogen) atoms. The van der Waals surface area contributed by atoms with E-state index in [0.717, 1.165) is 4.48 Å². The van der Waals surface area contributed by atoms with Gasteiger partial charge in [-0.15, -0.1) is 0 Å². The van der Waals surface area contributed by atoms with Gasteiger partial charge in [0.2, 0.25) is 0 Å². The average Bonchev–Trinajstić information content (AvgIpc) is 2.03. The molecule has 72 valence electrons. The van der Waals surface area contributed by atoms with Crippen molar-refractivity contribution in [1.82, 2.24) is 4.48 Å². The van der Waals surface area contributed by atoms with E-state index in [9.17, 15) is 0 Å². The molecular weight excluding hydrogens is 162 g/mol. The van der Waals surface area contributed by atoms with E-state index in [-0.39, 0.29) is 5.48 Å². The number of hydrogen-bond donors (Lipinski definition) is 0. The quantitative estimate of drug-likeness (QED) is 0.641. The summed E-state index contributed by atoms with van der Waals surface area (Å²) in [6.07, 6.45) is 1.90. The zero-order chi connectivity index (χ0) is 9.19. The molecule has 0 aliphatic rings. The summed E-state index contributed by atoms with van der Waals surface area (Å²) >= 11 is 0. The molecule has 0 aliphatic heterocycles. The van der Waals surface area contributed by atoms with Crippen LogP contribution in [0.5, 0.6) is 0 Å². The lowest BCUT2D eigenvalue weighted by atomic mass is 10.1. The Morgan fingerprint density at radius 1 is 1.15 bits per heavy atom. The predicted octanol–water partition coefficient (Wildman–Crippen LogP) is 2.35. The molecule has 1 N–H and O–H groups in total. The summed E-state index contributed by atoms with van der Waals surface area (Å²) in [5.74, 6) is 0. The molecule has 0 amide bonds. The average molecular weight is 179 g/mol. The van der Waals surface area contributed by atoms with Crippen LogP contribution < -0.4 is 4.48 Å². The largest absolute Gasteiger partial charge is 0.870 e. The first kappa shape index (κ1) is 11.9. The third-order valence-corrected chi connectivity index (χ3v) is 1.88. The molecule has 1 aromatic carbocycles. The van der Waals surface area contributed by atoms with Gasteiger partial charge < -0.3 is 5.48 Å². The third kappa shape index (κ3) is 2.68. The highest BCUT2D eigenvalue weighted by atomic mass is 16.0. The van der Waals surface area contributed by atoms with Gasteiger partial charge in [0.15, 0.2) is 0 Å². The topological polar surface area (TPSA) is 30.0 Å². The van der Waals surface area contributed by atoms with Crippen molar-refractivity contribution in [2.24, 2.45) is 0 Å². The lowest BCUT2D eigenvalue weighted by Gasteiger charge is -2.24. The SMILES string of the molecule is C=Cc1ccccc1[N+](C)(C)C.[OH-]. The minimum Gasteiger partial charge on any atom is -0.870 e. The molecule has 2 heteroatoms. The summed E-state index contributed by atoms with van der Waals surface area (Å²) in [6.45, 7) is 3.80. The van der Waals surface area contributed by atoms with Crippen LogP contribution in [0.1, 0.15) is 5.56 Å². The molecule has 0 unspecified atom stereocenters. The van der Waals surface area contributed by atoms with Crippen LogP contribution in [0.15, 0.2) is 30.8 Å². The van der Waals surface area contributed by atoms with Gasteiger partial charge in [-0.05, 0) is 12.1 Å². The zero-order valence-corrected chi connectivity index (χ0v) is 8.49. The molecule has 0 fully saturated rings. The van der Waals surface area contributed by atoms with Crippen molar-refractivity contribution in [1.29, 1.82) is 0 Å². The van der Waals surface area contributed by atoms with Crippen LogP contribution in [0.3, 0.4) is 0 Å². The number of hydrogen-bond acceptors (Lipinski definition) is 1. The number of rotatable bonds is 2. The summed E-state index contributed by atoms with van der Waals surface area (Å²) in [4.78, 5) is 0. The Bertz CT molecular complexity index is 286. The third-order valence-electron chi connectivity index (χ3n) is 1.88. The van der Waals surface area contributed by atoms with Crippen molar-refractivity contribution in [3.05, 3.63) is 36.4 Å². The van der Waals surface area contributed by atoms with Crippen molar-refractivity contribution in [2.75, 3.05) is 21.1 Å². The highest BCUT2D eigenvalue weighted by Gasteiger charge is 2.14. The fraction of sp³-hybridized carbons (Fsp3) is 0.273. The van der Waals surface area contributed by atoms with Gasteiger partial charge in [-0.2, -0.15) is 0 Å². The van der Waals surface area contributed by atoms with Gasteiger partial charge in [-0.1, -0.05) is 24.8 Å². The predicted molar refractivity (Wildman–Crippen MR) is 58.0 cm³/mol. The normalized spacial score (nSPS) is 10.4. The summed E-state index contributed by atoms with van der Waals surface area (Å²) in [5, 5.41) is 0. The maximum Gasteiger partial charge on any atom is 0.139 e. The molecule has 0 heterocycles. The summed E-state index contributed by atoms with van der Waals surface area (Å²) in [5.41, 5.74) is 2.51. The second-order valence-corrected chi connectivity index (χ2v) is 3.78. The first-order valence-electron chi connectivity index (χ1n) is 4.09. The van der Waals surface area contributed by atoms with E-state index >= 15 is 0 Å². The van der Waals surface area contributed by atoms with Crippen molar-refractivity contribution in [3.63, 3.8) is 0 Å². The smallest absolute Gasteiger partial charge is 0.139 e. The first-order chi connectivity index (χ1) is 5.55. The maximum atomic E-state index is 3.80. The summed E-state index contributed by atoms with van der Waals surface area (Å²) in [6, 6.07) is 8.32. The summed E-state index contributed by atoms with van der Waals surface area (Å²) in [7, 11) is 6.47. The van der Waals surface area contributed by atoms with Crippen LogP contribution in [0, 0.1) is 0 Å². The van der Waals surface area contributed by atoms with Crippen LogP contribution in [0.25, 0.3) is 6.08 Å². The Morgan fingerprint density at radius 2 is 1.69 bits per heavy atom. The van der Waals surface area contributed by atoms with Crippen molar-refractivity contribution >= 4 is 11.8 Å². The van der Waals surface area contributed by atoms with Gasteiger partial charge in [0.25, 0.3) is 0 Å². The number of quaternary nitrogens is 1. The van der Waals surface area contributed by atoms with Gasteiger partial charge in [0.1, 0.15) is 5.69 Å². The van der Waals surface area contributed by atoms with E-state index in [0.29, 0.717) is 0 Å². The molecule has 0 saturated heterocycles. The fourth-order valence-electron chi connectivity index (χ4n) is 1.27. The van der Waals surface area contributed by atoms with Crippen molar-refractivity contribution in [2.45, 2.75) is 0 Å². The van der Waals surface area contributed by atoms with Crippen LogP contribution in [0.2, 0.25) is 0 Å². The number of nitrogens with zero attached hydrogens (tertiary/aromatic N) is 1. The van der Waals surface area contributed by atoms with Gasteiger partial charge in [-0.3, -0.25) is 4.48 Å². The Hall–Kier alpha value is -1.12. The molecule has 0 saturated carbocycles. The summed E-state index contributed by atoms with van der Waals surface area (Å²) < 4.78 is 0.836. The van der Waals surface area contributed by atoms with E-state index in [1.54, 1.807) is 0 Å². The minimum atomic E-state index is 0. The van der Waals surface area contributed by atoms with Crippen LogP contribution in [0.4, 0.5) is 5.69 Å². The Labute approximate surface area is 80.0 Å². The van der Waals surface area contributed by atoms with Crippen LogP contribution in [-0.2, 0) is 0 Å². The molecule has 0 bridgehead atoms. The minimum absolute atomic E-state index is 0. The first-order valence-corrected chi connectivity index (χ1v) is 4.09. The second-order valence-electron chi connectivity index (χ2n) is 3.78. The number of para-hydroxylation sites is 1. The zero-order valence-electron chi connectivity index (χ0n) is 8.49. The highest BCUT2D eigenvalue weighted by Crippen LogP contribution is 2.22. The Morgan fingerprint density at radius 3 is 2.08 bits per heavy atom. The van der Waals surface area contributed by atoms with E-state index in [1.807, 2.05) is 12.1 Å². The van der Waals surface area contributed by atoms with E-state index in [2.05, 4.69) is 45.9 Å². The van der Waals surface area contributed by atoms with Gasteiger partial charge in [0.05, 0.1) is 21.1 Å². The maximum absolute atomic E-state index is 3.80. The highest BCUT2D eigenvalue weighted by molar-refractivity contribution is 5.64. The van der Waals surface area contributed by atoms with E-state index in [4.69, 9.17) is 0 Å². The molecule has 0 atom stereocenters. The molecule has 0 radical (unpaired) electrons. The van der Waals surface area contributed by atoms with E-state index < -0.39 is 0 Å². The number of benzene rings is 1. The molecule has 1 aromatic rings. The standard InChI is InChI=1S/C11H16N.H2O/c1-5-10-8-6-7-9-11(10)12(2,3)4;/h5-9H,1H2,2-4H3;1H2/q+1;/p-1. The molecule has 0 aromatic heterocycles. The van der Waals surface area contributed by atoms with Gasteiger partial charge >= 0.3 is 0 Å². The lowest BCUT2D eigenvalue weighted by molar-refractivity contribution is 0.486. The second kappa shape index (κ2) is 4.21. The molecule has 1 rings (SSSR count). The molecular formula is C11H17NO. The Kier molecular flexibility index (Phi) is 3.85. The van der Waals surface area contributed by atoms with Crippen molar-refractivity contribution in [3.8, 4) is 0 Å². The molecule has 2 nitrogen and oxygen atoms in total. The van der Waals surface area contributed by atoms with Gasteiger partial charge in [0, 0.05) is 5.56 Å². The van der Waals surface area contributed by atoms with Gasteiger partial charge in [-0.25, -0.2) is 0 Å². The fourth-order valence-corrected chi connectivity index (χ4v) is 1.27. The van der Waals surface area contributed by atoms with Crippen LogP contribution in [-0.4, -0.2) is 26.6 Å². The Balaban J connectivity index is 0.00000144. The van der Waals surface area contributed by atoms with E-state index in [1.165, 1.54) is 11.3 Å². The monoisotopic (exact) mass is 179 g/mol.